The van der Waals surface area contributed by atoms with E-state index >= 15 is 0 Å². The van der Waals surface area contributed by atoms with Gasteiger partial charge in [0.2, 0.25) is 0 Å². The zero-order valence-corrected chi connectivity index (χ0v) is 10.8. The van der Waals surface area contributed by atoms with Crippen molar-refractivity contribution in [2.45, 2.75) is 31.6 Å². The van der Waals surface area contributed by atoms with Crippen molar-refractivity contribution in [1.29, 1.82) is 0 Å². The zero-order chi connectivity index (χ0) is 12.1. The molecule has 2 aromatic rings. The van der Waals surface area contributed by atoms with Crippen molar-refractivity contribution in [3.63, 3.8) is 0 Å². The highest BCUT2D eigenvalue weighted by Crippen LogP contribution is 2.42. The molecule has 18 heavy (non-hydrogen) atoms. The molecule has 1 aromatic carbocycles. The van der Waals surface area contributed by atoms with Crippen LogP contribution in [0.5, 0.6) is 0 Å². The molecule has 0 N–H and O–H groups in total. The molecule has 2 aliphatic carbocycles. The van der Waals surface area contributed by atoms with Gasteiger partial charge in [-0.3, -0.25) is 4.79 Å². The van der Waals surface area contributed by atoms with Crippen LogP contribution in [0.2, 0.25) is 0 Å². The molecule has 0 saturated carbocycles. The highest BCUT2D eigenvalue weighted by molar-refractivity contribution is 7.12. The van der Waals surface area contributed by atoms with Gasteiger partial charge in [-0.15, -0.1) is 11.3 Å². The minimum Gasteiger partial charge on any atom is -0.292 e. The van der Waals surface area contributed by atoms with Crippen LogP contribution in [0.15, 0.2) is 24.3 Å². The van der Waals surface area contributed by atoms with Gasteiger partial charge in [0.15, 0.2) is 5.78 Å². The van der Waals surface area contributed by atoms with Crippen molar-refractivity contribution >= 4 is 17.1 Å². The lowest BCUT2D eigenvalue weighted by Gasteiger charge is -2.28. The Kier molecular flexibility index (Phi) is 2.18. The van der Waals surface area contributed by atoms with Crippen LogP contribution in [-0.4, -0.2) is 10.8 Å². The van der Waals surface area contributed by atoms with Gasteiger partial charge in [-0.25, -0.2) is 4.98 Å². The summed E-state index contributed by atoms with van der Waals surface area (Å²) in [5.74, 6) is 0.677. The predicted octanol–water partition coefficient (Wildman–Crippen LogP) is 3.35. The van der Waals surface area contributed by atoms with Crippen LogP contribution in [0.3, 0.4) is 0 Å². The summed E-state index contributed by atoms with van der Waals surface area (Å²) in [6.07, 6.45) is 3.79. The number of benzene rings is 1. The Balaban J connectivity index is 1.74. The number of carbonyl (C=O) groups excluding carboxylic acids is 1. The van der Waals surface area contributed by atoms with Gasteiger partial charge >= 0.3 is 0 Å². The Labute approximate surface area is 110 Å². The largest absolute Gasteiger partial charge is 0.292 e. The molecule has 0 amide bonds. The number of aromatic nitrogens is 1. The monoisotopic (exact) mass is 255 g/mol. The molecule has 1 atom stereocenters. The van der Waals surface area contributed by atoms with Crippen molar-refractivity contribution in [2.75, 3.05) is 0 Å². The average molecular weight is 255 g/mol. The van der Waals surface area contributed by atoms with Crippen molar-refractivity contribution in [1.82, 2.24) is 4.98 Å². The van der Waals surface area contributed by atoms with Crippen LogP contribution in [0, 0.1) is 0 Å². The lowest BCUT2D eigenvalue weighted by atomic mass is 9.78. The molecular formula is C15H13NOS. The predicted molar refractivity (Wildman–Crippen MR) is 71.4 cm³/mol. The first kappa shape index (κ1) is 10.4. The van der Waals surface area contributed by atoms with Gasteiger partial charge in [-0.05, 0) is 30.4 Å². The second-order valence-corrected chi connectivity index (χ2v) is 6.17. The van der Waals surface area contributed by atoms with E-state index in [1.54, 1.807) is 11.3 Å². The minimum absolute atomic E-state index is 0.242. The first-order valence-corrected chi connectivity index (χ1v) is 7.25. The van der Waals surface area contributed by atoms with Gasteiger partial charge in [0, 0.05) is 17.2 Å². The number of ketones is 1. The summed E-state index contributed by atoms with van der Waals surface area (Å²) in [7, 11) is 0. The number of hydrogen-bond donors (Lipinski definition) is 0. The first-order valence-electron chi connectivity index (χ1n) is 6.43. The summed E-state index contributed by atoms with van der Waals surface area (Å²) in [5, 5.41) is 1.15. The van der Waals surface area contributed by atoms with Crippen LogP contribution in [0.25, 0.3) is 0 Å². The molecule has 3 heteroatoms. The van der Waals surface area contributed by atoms with E-state index in [2.05, 4.69) is 29.2 Å². The Morgan fingerprint density at radius 3 is 2.94 bits per heavy atom. The van der Waals surface area contributed by atoms with Gasteiger partial charge in [0.05, 0.1) is 0 Å². The number of carbonyl (C=O) groups is 1. The fourth-order valence-corrected chi connectivity index (χ4v) is 4.16. The summed E-state index contributed by atoms with van der Waals surface area (Å²) < 4.78 is 0. The minimum atomic E-state index is 0.242. The van der Waals surface area contributed by atoms with Crippen LogP contribution in [0.4, 0.5) is 0 Å². The molecular weight excluding hydrogens is 242 g/mol. The molecule has 0 spiro atoms. The molecule has 4 rings (SSSR count). The Morgan fingerprint density at radius 2 is 2.11 bits per heavy atom. The van der Waals surface area contributed by atoms with Gasteiger partial charge in [0.25, 0.3) is 0 Å². The number of fused-ring (bicyclic) bond motifs is 2. The van der Waals surface area contributed by atoms with Gasteiger partial charge in [0.1, 0.15) is 10.7 Å². The normalized spacial score (nSPS) is 21.1. The Bertz CT molecular complexity index is 644. The number of rotatable bonds is 1. The fraction of sp³-hybridized carbons (Fsp3) is 0.333. The molecule has 0 fully saturated rings. The summed E-state index contributed by atoms with van der Waals surface area (Å²) >= 11 is 1.75. The fourth-order valence-electron chi connectivity index (χ4n) is 2.91. The number of thiazole rings is 1. The van der Waals surface area contributed by atoms with E-state index in [0.29, 0.717) is 12.3 Å². The molecule has 1 heterocycles. The van der Waals surface area contributed by atoms with Crippen molar-refractivity contribution < 1.29 is 4.79 Å². The van der Waals surface area contributed by atoms with Crippen molar-refractivity contribution in [2.24, 2.45) is 0 Å². The molecule has 0 aliphatic heterocycles. The molecule has 1 unspecified atom stereocenters. The van der Waals surface area contributed by atoms with E-state index in [4.69, 9.17) is 0 Å². The first-order chi connectivity index (χ1) is 8.83. The SMILES string of the molecule is O=C1CCCc2sc(C3Cc4ccccc43)nc21. The van der Waals surface area contributed by atoms with Gasteiger partial charge in [-0.2, -0.15) is 0 Å². The second kappa shape index (κ2) is 3.75. The standard InChI is InChI=1S/C15H13NOS/c17-12-6-3-7-13-14(12)16-15(18-13)11-8-9-4-1-2-5-10(9)11/h1-2,4-5,11H,3,6-8H2. The average Bonchev–Trinajstić information content (AvgIpc) is 2.76. The molecule has 1 aromatic heterocycles. The Hall–Kier alpha value is -1.48. The highest BCUT2D eigenvalue weighted by atomic mass is 32.1. The van der Waals surface area contributed by atoms with Crippen molar-refractivity contribution in [3.05, 3.63) is 51.0 Å². The maximum absolute atomic E-state index is 11.8. The molecule has 2 aliphatic rings. The van der Waals surface area contributed by atoms with Crippen LogP contribution in [-0.2, 0) is 12.8 Å². The third kappa shape index (κ3) is 1.40. The topological polar surface area (TPSA) is 30.0 Å². The summed E-state index contributed by atoms with van der Waals surface area (Å²) in [6, 6.07) is 8.55. The summed E-state index contributed by atoms with van der Waals surface area (Å²) in [4.78, 5) is 17.7. The Morgan fingerprint density at radius 1 is 1.22 bits per heavy atom. The third-order valence-corrected chi connectivity index (χ3v) is 5.17. The highest BCUT2D eigenvalue weighted by Gasteiger charge is 2.32. The second-order valence-electron chi connectivity index (χ2n) is 5.06. The quantitative estimate of drug-likeness (QED) is 0.782. The van der Waals surface area contributed by atoms with Crippen molar-refractivity contribution in [3.8, 4) is 0 Å². The molecule has 2 nitrogen and oxygen atoms in total. The van der Waals surface area contributed by atoms with Gasteiger partial charge in [-0.1, -0.05) is 24.3 Å². The van der Waals surface area contributed by atoms with E-state index < -0.39 is 0 Å². The number of nitrogens with zero attached hydrogens (tertiary/aromatic N) is 1. The molecule has 0 radical (unpaired) electrons. The van der Waals surface area contributed by atoms with E-state index in [1.807, 2.05) is 0 Å². The molecule has 90 valence electrons. The summed E-state index contributed by atoms with van der Waals surface area (Å²) in [5.41, 5.74) is 3.60. The maximum atomic E-state index is 11.8. The zero-order valence-electron chi connectivity index (χ0n) is 9.98. The number of aryl methyl sites for hydroxylation is 1. The van der Waals surface area contributed by atoms with E-state index in [0.717, 1.165) is 30.0 Å². The number of hydrogen-bond acceptors (Lipinski definition) is 3. The van der Waals surface area contributed by atoms with Crippen LogP contribution in [0.1, 0.15) is 50.3 Å². The molecule has 0 saturated heterocycles. The maximum Gasteiger partial charge on any atom is 0.182 e. The van der Waals surface area contributed by atoms with E-state index in [-0.39, 0.29) is 5.78 Å². The molecule has 0 bridgehead atoms. The van der Waals surface area contributed by atoms with E-state index in [1.165, 1.54) is 16.0 Å². The third-order valence-electron chi connectivity index (χ3n) is 3.94. The van der Waals surface area contributed by atoms with E-state index in [9.17, 15) is 4.79 Å². The lowest BCUT2D eigenvalue weighted by molar-refractivity contribution is 0.0968. The van der Waals surface area contributed by atoms with Gasteiger partial charge < -0.3 is 0 Å². The summed E-state index contributed by atoms with van der Waals surface area (Å²) in [6.45, 7) is 0. The number of Topliss-reactive ketones (excluding diaryl/α,β-unsaturated/α-hetero) is 1. The smallest absolute Gasteiger partial charge is 0.182 e. The van der Waals surface area contributed by atoms with Crippen LogP contribution < -0.4 is 0 Å². The lowest BCUT2D eigenvalue weighted by Crippen LogP contribution is -2.18. The van der Waals surface area contributed by atoms with Crippen LogP contribution >= 0.6 is 11.3 Å².